The van der Waals surface area contributed by atoms with Gasteiger partial charge in [0.1, 0.15) is 0 Å². The molecule has 2 amide bonds. The fourth-order valence-electron chi connectivity index (χ4n) is 3.63. The van der Waals surface area contributed by atoms with Crippen molar-refractivity contribution in [2.75, 3.05) is 19.6 Å². The number of rotatable bonds is 3. The molecule has 2 heterocycles. The Labute approximate surface area is 127 Å². The second kappa shape index (κ2) is 6.34. The Morgan fingerprint density at radius 2 is 1.95 bits per heavy atom. The van der Waals surface area contributed by atoms with Crippen LogP contribution in [0.2, 0.25) is 0 Å². The van der Waals surface area contributed by atoms with E-state index in [2.05, 4.69) is 12.2 Å². The summed E-state index contributed by atoms with van der Waals surface area (Å²) in [4.78, 5) is 26.4. The van der Waals surface area contributed by atoms with E-state index in [9.17, 15) is 9.59 Å². The van der Waals surface area contributed by atoms with Crippen LogP contribution in [0.25, 0.3) is 0 Å². The van der Waals surface area contributed by atoms with E-state index in [1.807, 2.05) is 18.7 Å². The van der Waals surface area contributed by atoms with E-state index in [-0.39, 0.29) is 29.2 Å². The van der Waals surface area contributed by atoms with Crippen LogP contribution in [0.1, 0.15) is 46.5 Å². The molecule has 21 heavy (non-hydrogen) atoms. The minimum atomic E-state index is -0.388. The predicted octanol–water partition coefficient (Wildman–Crippen LogP) is 1.12. The monoisotopic (exact) mass is 295 g/mol. The molecule has 3 unspecified atom stereocenters. The molecule has 2 saturated heterocycles. The van der Waals surface area contributed by atoms with Crippen LogP contribution in [0, 0.1) is 17.3 Å². The fourth-order valence-corrected chi connectivity index (χ4v) is 3.63. The summed E-state index contributed by atoms with van der Waals surface area (Å²) < 4.78 is 0. The lowest BCUT2D eigenvalue weighted by Crippen LogP contribution is -2.55. The van der Waals surface area contributed by atoms with Crippen LogP contribution in [0.4, 0.5) is 0 Å². The minimum Gasteiger partial charge on any atom is -0.369 e. The molecule has 5 heteroatoms. The maximum Gasteiger partial charge on any atom is 0.228 e. The molecule has 0 aromatic heterocycles. The van der Waals surface area contributed by atoms with E-state index in [1.165, 1.54) is 0 Å². The molecule has 3 N–H and O–H groups in total. The molecule has 2 aliphatic heterocycles. The van der Waals surface area contributed by atoms with Crippen molar-refractivity contribution in [3.05, 3.63) is 0 Å². The van der Waals surface area contributed by atoms with Gasteiger partial charge in [0.15, 0.2) is 0 Å². The molecule has 0 saturated carbocycles. The minimum absolute atomic E-state index is 0.176. The molecule has 120 valence electrons. The highest BCUT2D eigenvalue weighted by atomic mass is 16.2. The van der Waals surface area contributed by atoms with Crippen LogP contribution in [-0.2, 0) is 9.59 Å². The lowest BCUT2D eigenvalue weighted by molar-refractivity contribution is -0.149. The highest BCUT2D eigenvalue weighted by Crippen LogP contribution is 2.36. The van der Waals surface area contributed by atoms with Gasteiger partial charge in [0.25, 0.3) is 0 Å². The van der Waals surface area contributed by atoms with E-state index >= 15 is 0 Å². The quantitative estimate of drug-likeness (QED) is 0.819. The number of nitrogens with zero attached hydrogens (tertiary/aromatic N) is 1. The summed E-state index contributed by atoms with van der Waals surface area (Å²) in [5, 5.41) is 3.39. The zero-order valence-electron chi connectivity index (χ0n) is 13.5. The Kier molecular flexibility index (Phi) is 4.91. The third kappa shape index (κ3) is 3.39. The fraction of sp³-hybridized carbons (Fsp3) is 0.875. The van der Waals surface area contributed by atoms with Gasteiger partial charge in [0.05, 0.1) is 5.92 Å². The maximum atomic E-state index is 13.0. The SMILES string of the molecule is CC1CCC(C(N)=O)CN1C(=O)C(C)(C)C1CCCNC1. The van der Waals surface area contributed by atoms with E-state index in [0.717, 1.165) is 38.8 Å². The number of hydrogen-bond donors (Lipinski definition) is 2. The summed E-state index contributed by atoms with van der Waals surface area (Å²) >= 11 is 0. The molecule has 0 aliphatic carbocycles. The average molecular weight is 295 g/mol. The Bertz CT molecular complexity index is 402. The van der Waals surface area contributed by atoms with Crippen LogP contribution in [0.15, 0.2) is 0 Å². The van der Waals surface area contributed by atoms with Crippen LogP contribution < -0.4 is 11.1 Å². The normalized spacial score (nSPS) is 31.0. The molecule has 2 rings (SSSR count). The first-order valence-corrected chi connectivity index (χ1v) is 8.15. The standard InChI is InChI=1S/C16H29N3O2/c1-11-6-7-12(14(17)20)10-19(11)15(21)16(2,3)13-5-4-8-18-9-13/h11-13,18H,4-10H2,1-3H3,(H2,17,20). The first-order valence-electron chi connectivity index (χ1n) is 8.15. The number of nitrogens with two attached hydrogens (primary N) is 1. The van der Waals surface area contributed by atoms with Gasteiger partial charge in [-0.2, -0.15) is 0 Å². The molecule has 2 aliphatic rings. The molecular weight excluding hydrogens is 266 g/mol. The topological polar surface area (TPSA) is 75.4 Å². The third-order valence-electron chi connectivity index (χ3n) is 5.41. The Hall–Kier alpha value is -1.10. The highest BCUT2D eigenvalue weighted by Gasteiger charge is 2.43. The van der Waals surface area contributed by atoms with Crippen LogP contribution >= 0.6 is 0 Å². The van der Waals surface area contributed by atoms with Gasteiger partial charge in [0, 0.05) is 18.0 Å². The largest absolute Gasteiger partial charge is 0.369 e. The second-order valence-electron chi connectivity index (χ2n) is 7.25. The predicted molar refractivity (Wildman–Crippen MR) is 82.5 cm³/mol. The summed E-state index contributed by atoms with van der Waals surface area (Å²) in [6.45, 7) is 8.61. The zero-order chi connectivity index (χ0) is 15.6. The molecule has 2 fully saturated rings. The first-order chi connectivity index (χ1) is 9.84. The number of hydrogen-bond acceptors (Lipinski definition) is 3. The van der Waals surface area contributed by atoms with Gasteiger partial charge >= 0.3 is 0 Å². The molecule has 0 bridgehead atoms. The Morgan fingerprint density at radius 1 is 1.24 bits per heavy atom. The summed E-state index contributed by atoms with van der Waals surface area (Å²) in [6.07, 6.45) is 3.87. The summed E-state index contributed by atoms with van der Waals surface area (Å²) in [5.74, 6) is 0.0665. The number of carbonyl (C=O) groups is 2. The van der Waals surface area contributed by atoms with Crippen molar-refractivity contribution in [2.24, 2.45) is 23.0 Å². The van der Waals surface area contributed by atoms with Gasteiger partial charge < -0.3 is 16.0 Å². The van der Waals surface area contributed by atoms with Crippen molar-refractivity contribution in [2.45, 2.75) is 52.5 Å². The number of piperidine rings is 2. The molecule has 0 spiro atoms. The Morgan fingerprint density at radius 3 is 2.52 bits per heavy atom. The molecule has 0 radical (unpaired) electrons. The third-order valence-corrected chi connectivity index (χ3v) is 5.41. The van der Waals surface area contributed by atoms with Crippen molar-refractivity contribution in [3.63, 3.8) is 0 Å². The number of primary amides is 1. The van der Waals surface area contributed by atoms with Crippen LogP contribution in [0.3, 0.4) is 0 Å². The van der Waals surface area contributed by atoms with Gasteiger partial charge in [-0.1, -0.05) is 13.8 Å². The van der Waals surface area contributed by atoms with Gasteiger partial charge in [-0.15, -0.1) is 0 Å². The van der Waals surface area contributed by atoms with Crippen LogP contribution in [-0.4, -0.2) is 42.4 Å². The van der Waals surface area contributed by atoms with Crippen molar-refractivity contribution >= 4 is 11.8 Å². The zero-order valence-corrected chi connectivity index (χ0v) is 13.5. The van der Waals surface area contributed by atoms with Gasteiger partial charge in [-0.3, -0.25) is 9.59 Å². The maximum absolute atomic E-state index is 13.0. The van der Waals surface area contributed by atoms with Gasteiger partial charge in [-0.05, 0) is 51.6 Å². The smallest absolute Gasteiger partial charge is 0.228 e. The van der Waals surface area contributed by atoms with Crippen molar-refractivity contribution in [3.8, 4) is 0 Å². The number of nitrogens with one attached hydrogen (secondary N) is 1. The number of amides is 2. The molecule has 3 atom stereocenters. The van der Waals surface area contributed by atoms with Gasteiger partial charge in [-0.25, -0.2) is 0 Å². The first kappa shape index (κ1) is 16.3. The highest BCUT2D eigenvalue weighted by molar-refractivity contribution is 5.84. The van der Waals surface area contributed by atoms with Crippen molar-refractivity contribution in [1.82, 2.24) is 10.2 Å². The van der Waals surface area contributed by atoms with E-state index in [1.54, 1.807) is 0 Å². The lowest BCUT2D eigenvalue weighted by Gasteiger charge is -2.44. The van der Waals surface area contributed by atoms with E-state index in [0.29, 0.717) is 12.5 Å². The molecule has 0 aromatic rings. The van der Waals surface area contributed by atoms with E-state index < -0.39 is 0 Å². The summed E-state index contributed by atoms with van der Waals surface area (Å²) in [7, 11) is 0. The molecule has 5 nitrogen and oxygen atoms in total. The molecule has 0 aromatic carbocycles. The van der Waals surface area contributed by atoms with Crippen LogP contribution in [0.5, 0.6) is 0 Å². The number of carbonyl (C=O) groups excluding carboxylic acids is 2. The van der Waals surface area contributed by atoms with E-state index in [4.69, 9.17) is 5.73 Å². The second-order valence-corrected chi connectivity index (χ2v) is 7.25. The average Bonchev–Trinajstić information content (AvgIpc) is 2.47. The summed E-state index contributed by atoms with van der Waals surface area (Å²) in [6, 6.07) is 0.198. The Balaban J connectivity index is 2.10. The van der Waals surface area contributed by atoms with Gasteiger partial charge in [0.2, 0.25) is 11.8 Å². The number of likely N-dealkylation sites (tertiary alicyclic amines) is 1. The van der Waals surface area contributed by atoms with Crippen molar-refractivity contribution in [1.29, 1.82) is 0 Å². The lowest BCUT2D eigenvalue weighted by atomic mass is 9.73. The summed E-state index contributed by atoms with van der Waals surface area (Å²) in [5.41, 5.74) is 5.05. The van der Waals surface area contributed by atoms with Crippen molar-refractivity contribution < 1.29 is 9.59 Å². The molecular formula is C16H29N3O2.